The van der Waals surface area contributed by atoms with Gasteiger partial charge in [0.2, 0.25) is 10.0 Å². The van der Waals surface area contributed by atoms with Crippen molar-refractivity contribution >= 4 is 45.0 Å². The number of hydrogen-bond acceptors (Lipinski definition) is 4. The Morgan fingerprint density at radius 2 is 1.95 bits per heavy atom. The van der Waals surface area contributed by atoms with Crippen molar-refractivity contribution < 1.29 is 8.42 Å². The van der Waals surface area contributed by atoms with E-state index < -0.39 is 14.8 Å². The Balaban J connectivity index is 2.27. The molecule has 8 heteroatoms. The first kappa shape index (κ1) is 16.9. The van der Waals surface area contributed by atoms with Crippen LogP contribution in [0.4, 0.5) is 0 Å². The monoisotopic (exact) mass is 364 g/mol. The molecule has 0 saturated carbocycles. The van der Waals surface area contributed by atoms with Gasteiger partial charge in [0.05, 0.1) is 11.1 Å². The standard InChI is InChI=1S/C13H14Cl2N2O2S2/c1-20-13(9-16)4-6-17(7-5-13)21(18,19)12-8-10(14)2-3-11(12)15/h2-3,8H,4-7H2,1H3. The van der Waals surface area contributed by atoms with Crippen molar-refractivity contribution in [2.45, 2.75) is 22.5 Å². The predicted octanol–water partition coefficient (Wildman–Crippen LogP) is 3.40. The van der Waals surface area contributed by atoms with E-state index in [0.717, 1.165) is 0 Å². The average Bonchev–Trinajstić information content (AvgIpc) is 2.49. The summed E-state index contributed by atoms with van der Waals surface area (Å²) >= 11 is 13.3. The molecule has 0 bridgehead atoms. The molecular formula is C13H14Cl2N2O2S2. The van der Waals surface area contributed by atoms with Gasteiger partial charge in [0.1, 0.15) is 9.64 Å². The Morgan fingerprint density at radius 1 is 1.33 bits per heavy atom. The van der Waals surface area contributed by atoms with Gasteiger partial charge in [0, 0.05) is 18.1 Å². The number of rotatable bonds is 3. The van der Waals surface area contributed by atoms with Crippen LogP contribution in [0.5, 0.6) is 0 Å². The van der Waals surface area contributed by atoms with Crippen LogP contribution in [0.2, 0.25) is 10.0 Å². The summed E-state index contributed by atoms with van der Waals surface area (Å²) in [6.07, 6.45) is 2.88. The van der Waals surface area contributed by atoms with E-state index >= 15 is 0 Å². The molecule has 0 aliphatic carbocycles. The quantitative estimate of drug-likeness (QED) is 0.824. The first-order valence-corrected chi connectivity index (χ1v) is 9.68. The fourth-order valence-electron chi connectivity index (χ4n) is 2.26. The van der Waals surface area contributed by atoms with Gasteiger partial charge in [-0.25, -0.2) is 8.42 Å². The molecule has 2 rings (SSSR count). The van der Waals surface area contributed by atoms with Gasteiger partial charge in [0.15, 0.2) is 0 Å². The molecular weight excluding hydrogens is 351 g/mol. The molecule has 0 atom stereocenters. The molecule has 1 aliphatic rings. The second-order valence-corrected chi connectivity index (χ2v) is 8.73. The fourth-order valence-corrected chi connectivity index (χ4v) is 5.12. The van der Waals surface area contributed by atoms with E-state index in [9.17, 15) is 13.7 Å². The summed E-state index contributed by atoms with van der Waals surface area (Å²) in [4.78, 5) is 0.0188. The van der Waals surface area contributed by atoms with Gasteiger partial charge < -0.3 is 0 Å². The zero-order valence-electron chi connectivity index (χ0n) is 11.3. The number of sulfonamides is 1. The second-order valence-electron chi connectivity index (χ2n) is 4.79. The van der Waals surface area contributed by atoms with Crippen LogP contribution in [0.1, 0.15) is 12.8 Å². The predicted molar refractivity (Wildman–Crippen MR) is 86.3 cm³/mol. The molecule has 1 aromatic carbocycles. The number of thioether (sulfide) groups is 1. The van der Waals surface area contributed by atoms with E-state index in [4.69, 9.17) is 23.2 Å². The Bertz CT molecular complexity index is 678. The lowest BCUT2D eigenvalue weighted by Crippen LogP contribution is -2.44. The molecule has 4 nitrogen and oxygen atoms in total. The minimum atomic E-state index is -3.68. The SMILES string of the molecule is CSC1(C#N)CCN(S(=O)(=O)c2cc(Cl)ccc2Cl)CC1. The van der Waals surface area contributed by atoms with E-state index in [1.54, 1.807) is 6.07 Å². The highest BCUT2D eigenvalue weighted by molar-refractivity contribution is 8.00. The van der Waals surface area contributed by atoms with Crippen LogP contribution in [0, 0.1) is 11.3 Å². The van der Waals surface area contributed by atoms with Crippen molar-refractivity contribution in [1.82, 2.24) is 4.31 Å². The Kier molecular flexibility index (Phi) is 5.11. The van der Waals surface area contributed by atoms with Crippen LogP contribution in [-0.2, 0) is 10.0 Å². The first-order valence-electron chi connectivity index (χ1n) is 6.26. The number of hydrogen-bond donors (Lipinski definition) is 0. The van der Waals surface area contributed by atoms with E-state index in [1.165, 1.54) is 28.2 Å². The molecule has 0 N–H and O–H groups in total. The lowest BCUT2D eigenvalue weighted by atomic mass is 9.99. The number of benzene rings is 1. The zero-order chi connectivity index (χ0) is 15.7. The van der Waals surface area contributed by atoms with Gasteiger partial charge in [-0.1, -0.05) is 23.2 Å². The van der Waals surface area contributed by atoms with Crippen LogP contribution in [-0.4, -0.2) is 36.8 Å². The first-order chi connectivity index (χ1) is 9.84. The van der Waals surface area contributed by atoms with Crippen molar-refractivity contribution in [1.29, 1.82) is 5.26 Å². The van der Waals surface area contributed by atoms with Crippen LogP contribution < -0.4 is 0 Å². The molecule has 1 saturated heterocycles. The molecule has 1 aromatic rings. The van der Waals surface area contributed by atoms with E-state index in [-0.39, 0.29) is 9.92 Å². The van der Waals surface area contributed by atoms with Gasteiger partial charge in [0.25, 0.3) is 0 Å². The van der Waals surface area contributed by atoms with Crippen molar-refractivity contribution in [3.63, 3.8) is 0 Å². The Labute approximate surface area is 139 Å². The molecule has 1 heterocycles. The maximum absolute atomic E-state index is 12.6. The zero-order valence-corrected chi connectivity index (χ0v) is 14.5. The molecule has 21 heavy (non-hydrogen) atoms. The third-order valence-corrected chi connectivity index (χ3v) is 7.53. The van der Waals surface area contributed by atoms with Crippen LogP contribution >= 0.6 is 35.0 Å². The third kappa shape index (κ3) is 3.33. The molecule has 0 amide bonds. The van der Waals surface area contributed by atoms with Gasteiger partial charge in [-0.2, -0.15) is 9.57 Å². The van der Waals surface area contributed by atoms with Crippen LogP contribution in [0.15, 0.2) is 23.1 Å². The molecule has 0 aromatic heterocycles. The van der Waals surface area contributed by atoms with Crippen LogP contribution in [0.25, 0.3) is 0 Å². The smallest absolute Gasteiger partial charge is 0.207 e. The van der Waals surface area contributed by atoms with E-state index in [2.05, 4.69) is 6.07 Å². The van der Waals surface area contributed by atoms with Gasteiger partial charge in [-0.05, 0) is 37.3 Å². The highest BCUT2D eigenvalue weighted by Crippen LogP contribution is 2.36. The molecule has 0 radical (unpaired) electrons. The normalized spacial score (nSPS) is 19.1. The van der Waals surface area contributed by atoms with Crippen molar-refractivity contribution in [2.75, 3.05) is 19.3 Å². The Morgan fingerprint density at radius 3 is 2.48 bits per heavy atom. The molecule has 1 fully saturated rings. The highest BCUT2D eigenvalue weighted by atomic mass is 35.5. The average molecular weight is 365 g/mol. The topological polar surface area (TPSA) is 61.2 Å². The number of piperidine rings is 1. The van der Waals surface area contributed by atoms with E-state index in [0.29, 0.717) is 31.0 Å². The summed E-state index contributed by atoms with van der Waals surface area (Å²) in [6.45, 7) is 0.610. The maximum Gasteiger partial charge on any atom is 0.244 e. The van der Waals surface area contributed by atoms with E-state index in [1.807, 2.05) is 6.26 Å². The molecule has 0 spiro atoms. The lowest BCUT2D eigenvalue weighted by Gasteiger charge is -2.35. The largest absolute Gasteiger partial charge is 0.244 e. The van der Waals surface area contributed by atoms with Gasteiger partial charge in [-0.3, -0.25) is 0 Å². The third-order valence-electron chi connectivity index (χ3n) is 3.64. The molecule has 114 valence electrons. The summed E-state index contributed by atoms with van der Waals surface area (Å²) in [6, 6.07) is 6.68. The number of nitriles is 1. The van der Waals surface area contributed by atoms with Gasteiger partial charge in [-0.15, -0.1) is 11.8 Å². The minimum absolute atomic E-state index is 0.0188. The van der Waals surface area contributed by atoms with Gasteiger partial charge >= 0.3 is 0 Å². The molecule has 0 unspecified atom stereocenters. The lowest BCUT2D eigenvalue weighted by molar-refractivity contribution is 0.327. The van der Waals surface area contributed by atoms with Crippen LogP contribution in [0.3, 0.4) is 0 Å². The summed E-state index contributed by atoms with van der Waals surface area (Å²) in [5.74, 6) is 0. The van der Waals surface area contributed by atoms with Crippen molar-refractivity contribution in [3.8, 4) is 6.07 Å². The highest BCUT2D eigenvalue weighted by Gasteiger charge is 2.38. The summed E-state index contributed by atoms with van der Waals surface area (Å²) in [5, 5.41) is 9.73. The summed E-state index contributed by atoms with van der Waals surface area (Å²) < 4.78 is 26.2. The minimum Gasteiger partial charge on any atom is -0.207 e. The number of nitrogens with zero attached hydrogens (tertiary/aromatic N) is 2. The fraction of sp³-hybridized carbons (Fsp3) is 0.462. The molecule has 1 aliphatic heterocycles. The Hall–Kier alpha value is -0.450. The second kappa shape index (κ2) is 6.35. The summed E-state index contributed by atoms with van der Waals surface area (Å²) in [7, 11) is -3.68. The maximum atomic E-state index is 12.6. The van der Waals surface area contributed by atoms with Crippen molar-refractivity contribution in [2.24, 2.45) is 0 Å². The summed E-state index contributed by atoms with van der Waals surface area (Å²) in [5.41, 5.74) is 0. The number of halogens is 2. The van der Waals surface area contributed by atoms with Crippen molar-refractivity contribution in [3.05, 3.63) is 28.2 Å².